The molecule has 54 valence electrons. The minimum Gasteiger partial charge on any atom is -0.207 e. The maximum Gasteiger partial charge on any atom is 0.123 e. The lowest BCUT2D eigenvalue weighted by Crippen LogP contribution is -1.84. The maximum atomic E-state index is 12.5. The van der Waals surface area contributed by atoms with Crippen molar-refractivity contribution in [3.05, 3.63) is 35.1 Å². The predicted molar refractivity (Wildman–Crippen MR) is 48.9 cm³/mol. The highest BCUT2D eigenvalue weighted by Crippen LogP contribution is 2.13. The van der Waals surface area contributed by atoms with Crippen LogP contribution in [0.2, 0.25) is 0 Å². The summed E-state index contributed by atoms with van der Waals surface area (Å²) in [4.78, 5) is 0. The van der Waals surface area contributed by atoms with Crippen molar-refractivity contribution >= 4 is 22.6 Å². The Bertz CT molecular complexity index is 233. The van der Waals surface area contributed by atoms with Crippen LogP contribution in [0.3, 0.4) is 0 Å². The Hall–Kier alpha value is -0.120. The molecule has 0 amide bonds. The highest BCUT2D eigenvalue weighted by atomic mass is 127. The van der Waals surface area contributed by atoms with Crippen molar-refractivity contribution in [3.8, 4) is 0 Å². The van der Waals surface area contributed by atoms with Gasteiger partial charge in [-0.2, -0.15) is 0 Å². The van der Waals surface area contributed by atoms with E-state index in [-0.39, 0.29) is 5.82 Å². The van der Waals surface area contributed by atoms with Crippen LogP contribution in [0.4, 0.5) is 4.39 Å². The van der Waals surface area contributed by atoms with Gasteiger partial charge in [0.15, 0.2) is 0 Å². The highest BCUT2D eigenvalue weighted by molar-refractivity contribution is 14.1. The zero-order chi connectivity index (χ0) is 7.56. The molecule has 0 atom stereocenters. The van der Waals surface area contributed by atoms with Crippen molar-refractivity contribution in [1.82, 2.24) is 0 Å². The molecule has 0 aliphatic heterocycles. The summed E-state index contributed by atoms with van der Waals surface area (Å²) in [6.07, 6.45) is 0. The van der Waals surface area contributed by atoms with Gasteiger partial charge in [-0.3, -0.25) is 0 Å². The van der Waals surface area contributed by atoms with E-state index in [9.17, 15) is 4.39 Å². The van der Waals surface area contributed by atoms with Gasteiger partial charge >= 0.3 is 0 Å². The van der Waals surface area contributed by atoms with Crippen LogP contribution in [-0.4, -0.2) is 0 Å². The number of aryl methyl sites for hydroxylation is 1. The minimum absolute atomic E-state index is 0.141. The van der Waals surface area contributed by atoms with Crippen LogP contribution in [0.5, 0.6) is 0 Å². The van der Waals surface area contributed by atoms with Gasteiger partial charge in [-0.1, -0.05) is 28.7 Å². The molecule has 0 nitrogen and oxygen atoms in total. The molecule has 0 radical (unpaired) electrons. The molecular formula is C8H8FI. The van der Waals surface area contributed by atoms with Crippen molar-refractivity contribution in [1.29, 1.82) is 0 Å². The van der Waals surface area contributed by atoms with E-state index in [4.69, 9.17) is 0 Å². The molecule has 0 aromatic heterocycles. The fourth-order valence-electron chi connectivity index (χ4n) is 0.784. The fraction of sp³-hybridized carbons (Fsp3) is 0.250. The van der Waals surface area contributed by atoms with Crippen LogP contribution in [-0.2, 0) is 4.43 Å². The van der Waals surface area contributed by atoms with Gasteiger partial charge in [-0.15, -0.1) is 0 Å². The van der Waals surface area contributed by atoms with Crippen molar-refractivity contribution in [3.63, 3.8) is 0 Å². The molecule has 0 heterocycles. The number of alkyl halides is 1. The summed E-state index contributed by atoms with van der Waals surface area (Å²) in [6, 6.07) is 4.89. The first-order valence-electron chi connectivity index (χ1n) is 3.05. The van der Waals surface area contributed by atoms with Gasteiger partial charge in [0.1, 0.15) is 5.82 Å². The highest BCUT2D eigenvalue weighted by Gasteiger charge is 1.96. The van der Waals surface area contributed by atoms with E-state index in [0.29, 0.717) is 0 Å². The fourth-order valence-corrected chi connectivity index (χ4v) is 1.61. The molecule has 0 fully saturated rings. The van der Waals surface area contributed by atoms with Gasteiger partial charge in [-0.05, 0) is 30.2 Å². The smallest absolute Gasteiger partial charge is 0.123 e. The van der Waals surface area contributed by atoms with Crippen LogP contribution < -0.4 is 0 Å². The van der Waals surface area contributed by atoms with Crippen LogP contribution in [0.25, 0.3) is 0 Å². The molecule has 0 bridgehead atoms. The average Bonchev–Trinajstić information content (AvgIpc) is 1.94. The summed E-state index contributed by atoms with van der Waals surface area (Å²) in [6.45, 7) is 1.99. The first-order valence-corrected chi connectivity index (χ1v) is 4.57. The van der Waals surface area contributed by atoms with Crippen LogP contribution in [0.15, 0.2) is 18.2 Å². The molecule has 0 unspecified atom stereocenters. The number of hydrogen-bond acceptors (Lipinski definition) is 0. The van der Waals surface area contributed by atoms with Crippen molar-refractivity contribution in [2.24, 2.45) is 0 Å². The van der Waals surface area contributed by atoms with Gasteiger partial charge in [-0.25, -0.2) is 4.39 Å². The topological polar surface area (TPSA) is 0 Å². The Kier molecular flexibility index (Phi) is 2.65. The molecule has 0 spiro atoms. The van der Waals surface area contributed by atoms with Crippen LogP contribution in [0, 0.1) is 12.7 Å². The number of benzene rings is 1. The quantitative estimate of drug-likeness (QED) is 0.530. The number of halogens is 2. The Balaban J connectivity index is 3.09. The zero-order valence-electron chi connectivity index (χ0n) is 5.70. The lowest BCUT2D eigenvalue weighted by Gasteiger charge is -1.99. The van der Waals surface area contributed by atoms with Gasteiger partial charge in [0, 0.05) is 4.43 Å². The monoisotopic (exact) mass is 250 g/mol. The molecule has 1 rings (SSSR count). The minimum atomic E-state index is -0.141. The van der Waals surface area contributed by atoms with E-state index < -0.39 is 0 Å². The zero-order valence-corrected chi connectivity index (χ0v) is 7.85. The van der Waals surface area contributed by atoms with Crippen molar-refractivity contribution in [2.75, 3.05) is 0 Å². The average molecular weight is 250 g/mol. The van der Waals surface area contributed by atoms with Gasteiger partial charge in [0.25, 0.3) is 0 Å². The molecule has 1 aromatic carbocycles. The van der Waals surface area contributed by atoms with E-state index in [1.165, 1.54) is 6.07 Å². The van der Waals surface area contributed by atoms with Crippen molar-refractivity contribution in [2.45, 2.75) is 11.4 Å². The maximum absolute atomic E-state index is 12.5. The normalized spacial score (nSPS) is 9.90. The molecule has 0 N–H and O–H groups in total. The Morgan fingerprint density at radius 2 is 2.20 bits per heavy atom. The summed E-state index contributed by atoms with van der Waals surface area (Å²) in [7, 11) is 0. The third-order valence-electron chi connectivity index (χ3n) is 1.46. The van der Waals surface area contributed by atoms with Gasteiger partial charge in [0.05, 0.1) is 0 Å². The summed E-state index contributed by atoms with van der Waals surface area (Å²) < 4.78 is 13.4. The second-order valence-corrected chi connectivity index (χ2v) is 2.97. The molecular weight excluding hydrogens is 242 g/mol. The Morgan fingerprint density at radius 1 is 1.50 bits per heavy atom. The predicted octanol–water partition coefficient (Wildman–Crippen LogP) is 3.07. The summed E-state index contributed by atoms with van der Waals surface area (Å²) in [5.74, 6) is -0.141. The van der Waals surface area contributed by atoms with Crippen LogP contribution in [0.1, 0.15) is 11.1 Å². The summed E-state index contributed by atoms with van der Waals surface area (Å²) in [5.41, 5.74) is 2.25. The summed E-state index contributed by atoms with van der Waals surface area (Å²) >= 11 is 2.23. The first-order chi connectivity index (χ1) is 4.74. The van der Waals surface area contributed by atoms with Gasteiger partial charge in [0.2, 0.25) is 0 Å². The van der Waals surface area contributed by atoms with Crippen LogP contribution >= 0.6 is 22.6 Å². The second-order valence-electron chi connectivity index (χ2n) is 2.20. The molecule has 0 aliphatic carbocycles. The SMILES string of the molecule is Cc1ccc(F)cc1CI. The molecule has 10 heavy (non-hydrogen) atoms. The van der Waals surface area contributed by atoms with E-state index in [2.05, 4.69) is 22.6 Å². The van der Waals surface area contributed by atoms with Crippen molar-refractivity contribution < 1.29 is 4.39 Å². The molecule has 2 heteroatoms. The standard InChI is InChI=1S/C8H8FI/c1-6-2-3-8(9)4-7(6)5-10/h2-4H,5H2,1H3. The number of rotatable bonds is 1. The van der Waals surface area contributed by atoms with E-state index in [0.717, 1.165) is 15.6 Å². The summed E-state index contributed by atoms with van der Waals surface area (Å²) in [5, 5.41) is 0. The third kappa shape index (κ3) is 1.68. The number of hydrogen-bond donors (Lipinski definition) is 0. The Labute approximate surface area is 73.6 Å². The molecule has 1 aromatic rings. The second kappa shape index (κ2) is 3.32. The van der Waals surface area contributed by atoms with Gasteiger partial charge < -0.3 is 0 Å². The molecule has 0 saturated heterocycles. The molecule has 0 aliphatic rings. The lowest BCUT2D eigenvalue weighted by molar-refractivity contribution is 0.626. The Morgan fingerprint density at radius 3 is 2.70 bits per heavy atom. The largest absolute Gasteiger partial charge is 0.207 e. The van der Waals surface area contributed by atoms with E-state index in [1.54, 1.807) is 6.07 Å². The third-order valence-corrected chi connectivity index (χ3v) is 2.28. The first kappa shape index (κ1) is 7.98. The van der Waals surface area contributed by atoms with E-state index >= 15 is 0 Å². The van der Waals surface area contributed by atoms with E-state index in [1.807, 2.05) is 13.0 Å². The molecule has 0 saturated carbocycles. The lowest BCUT2D eigenvalue weighted by atomic mass is 10.1.